The molecule has 2 saturated heterocycles. The lowest BCUT2D eigenvalue weighted by molar-refractivity contribution is -0.126. The number of hydrogen-bond acceptors (Lipinski definition) is 3. The first-order valence-corrected chi connectivity index (χ1v) is 4.35. The second-order valence-corrected chi connectivity index (χ2v) is 3.38. The molecule has 2 N–H and O–H groups in total. The van der Waals surface area contributed by atoms with Crippen LogP contribution in [0.2, 0.25) is 0 Å². The molecule has 0 aromatic carbocycles. The molecule has 62 valence electrons. The van der Waals surface area contributed by atoms with Crippen molar-refractivity contribution in [3.05, 3.63) is 0 Å². The van der Waals surface area contributed by atoms with Gasteiger partial charge in [-0.05, 0) is 13.0 Å². The minimum absolute atomic E-state index is 0.310. The molecule has 2 atom stereocenters. The van der Waals surface area contributed by atoms with Crippen LogP contribution in [0.4, 0.5) is 0 Å². The van der Waals surface area contributed by atoms with Gasteiger partial charge in [-0.2, -0.15) is 0 Å². The van der Waals surface area contributed by atoms with Gasteiger partial charge in [-0.1, -0.05) is 0 Å². The maximum atomic E-state index is 11.4. The van der Waals surface area contributed by atoms with Crippen molar-refractivity contribution < 1.29 is 4.79 Å². The largest absolute Gasteiger partial charge is 0.315 e. The van der Waals surface area contributed by atoms with Crippen LogP contribution in [-0.2, 0) is 4.79 Å². The molecule has 2 heterocycles. The van der Waals surface area contributed by atoms with Crippen molar-refractivity contribution in [2.24, 2.45) is 5.92 Å². The Hall–Kier alpha value is -0.410. The Morgan fingerprint density at radius 3 is 3.09 bits per heavy atom. The first kappa shape index (κ1) is 7.25. The topological polar surface area (TPSA) is 41.1 Å². The maximum Gasteiger partial charge on any atom is 0.138 e. The van der Waals surface area contributed by atoms with Gasteiger partial charge < -0.3 is 10.6 Å². The highest BCUT2D eigenvalue weighted by Gasteiger charge is 2.32. The molecule has 0 saturated carbocycles. The van der Waals surface area contributed by atoms with Crippen molar-refractivity contribution >= 4 is 5.78 Å². The van der Waals surface area contributed by atoms with Crippen molar-refractivity contribution in [3.8, 4) is 0 Å². The predicted octanol–water partition coefficient (Wildman–Crippen LogP) is -0.473. The first-order valence-electron chi connectivity index (χ1n) is 4.35. The highest BCUT2D eigenvalue weighted by atomic mass is 16.1. The van der Waals surface area contributed by atoms with Crippen molar-refractivity contribution in [2.45, 2.75) is 18.9 Å². The highest BCUT2D eigenvalue weighted by Crippen LogP contribution is 2.18. The average molecular weight is 154 g/mol. The zero-order valence-corrected chi connectivity index (χ0v) is 6.60. The molecule has 3 heteroatoms. The third-order valence-corrected chi connectivity index (χ3v) is 2.67. The molecule has 0 amide bonds. The molecule has 2 fully saturated rings. The summed E-state index contributed by atoms with van der Waals surface area (Å²) in [5.41, 5.74) is 0. The molecule has 11 heavy (non-hydrogen) atoms. The fourth-order valence-electron chi connectivity index (χ4n) is 2.02. The van der Waals surface area contributed by atoms with Crippen molar-refractivity contribution in [2.75, 3.05) is 19.6 Å². The van der Waals surface area contributed by atoms with Crippen LogP contribution in [-0.4, -0.2) is 31.5 Å². The van der Waals surface area contributed by atoms with E-state index in [1.807, 2.05) is 0 Å². The maximum absolute atomic E-state index is 11.4. The van der Waals surface area contributed by atoms with Crippen LogP contribution >= 0.6 is 0 Å². The van der Waals surface area contributed by atoms with E-state index in [4.69, 9.17) is 0 Å². The van der Waals surface area contributed by atoms with Crippen LogP contribution in [0.1, 0.15) is 12.8 Å². The second kappa shape index (κ2) is 2.91. The normalized spacial score (nSPS) is 38.4. The Morgan fingerprint density at radius 1 is 1.36 bits per heavy atom. The summed E-state index contributed by atoms with van der Waals surface area (Å²) in [6.45, 7) is 2.85. The summed E-state index contributed by atoms with van der Waals surface area (Å²) in [5.74, 6) is 0.778. The zero-order valence-electron chi connectivity index (χ0n) is 6.60. The minimum Gasteiger partial charge on any atom is -0.315 e. The number of fused-ring (bicyclic) bond motifs is 1. The number of nitrogens with one attached hydrogen (secondary N) is 2. The number of hydrogen-bond donors (Lipinski definition) is 2. The molecule has 2 unspecified atom stereocenters. The molecule has 0 spiro atoms. The highest BCUT2D eigenvalue weighted by molar-refractivity contribution is 5.82. The van der Waals surface area contributed by atoms with Gasteiger partial charge in [0.25, 0.3) is 0 Å². The van der Waals surface area contributed by atoms with Gasteiger partial charge in [0, 0.05) is 31.5 Å². The molecule has 3 nitrogen and oxygen atoms in total. The van der Waals surface area contributed by atoms with Gasteiger partial charge in [0.2, 0.25) is 0 Å². The van der Waals surface area contributed by atoms with Gasteiger partial charge in [-0.15, -0.1) is 0 Å². The van der Waals surface area contributed by atoms with E-state index in [1.165, 1.54) is 0 Å². The SMILES string of the molecule is O=C1CCNC2CNCCC12. The van der Waals surface area contributed by atoms with Crippen LogP contribution < -0.4 is 10.6 Å². The quantitative estimate of drug-likeness (QED) is 0.495. The summed E-state index contributed by atoms with van der Waals surface area (Å²) >= 11 is 0. The van der Waals surface area contributed by atoms with E-state index in [9.17, 15) is 4.79 Å². The summed E-state index contributed by atoms with van der Waals surface area (Å²) in [6.07, 6.45) is 1.76. The molecule has 0 radical (unpaired) electrons. The summed E-state index contributed by atoms with van der Waals surface area (Å²) in [6, 6.07) is 0.421. The monoisotopic (exact) mass is 154 g/mol. The molecule has 0 aliphatic carbocycles. The zero-order chi connectivity index (χ0) is 7.68. The van der Waals surface area contributed by atoms with E-state index in [0.717, 1.165) is 32.5 Å². The Balaban J connectivity index is 2.05. The van der Waals surface area contributed by atoms with E-state index in [-0.39, 0.29) is 0 Å². The first-order chi connectivity index (χ1) is 5.38. The molecule has 0 aromatic heterocycles. The van der Waals surface area contributed by atoms with Crippen LogP contribution in [0.5, 0.6) is 0 Å². The van der Waals surface area contributed by atoms with Crippen molar-refractivity contribution in [1.29, 1.82) is 0 Å². The summed E-state index contributed by atoms with van der Waals surface area (Å²) in [4.78, 5) is 11.4. The Labute approximate surface area is 66.5 Å². The van der Waals surface area contributed by atoms with Crippen LogP contribution in [0.3, 0.4) is 0 Å². The molecule has 2 rings (SSSR count). The number of carbonyl (C=O) groups is 1. The van der Waals surface area contributed by atoms with E-state index in [2.05, 4.69) is 10.6 Å². The van der Waals surface area contributed by atoms with Gasteiger partial charge >= 0.3 is 0 Å². The van der Waals surface area contributed by atoms with Crippen molar-refractivity contribution in [3.63, 3.8) is 0 Å². The van der Waals surface area contributed by atoms with Gasteiger partial charge in [0.15, 0.2) is 0 Å². The Morgan fingerprint density at radius 2 is 2.27 bits per heavy atom. The summed E-state index contributed by atoms with van der Waals surface area (Å²) in [7, 11) is 0. The number of piperidine rings is 2. The smallest absolute Gasteiger partial charge is 0.138 e. The number of carbonyl (C=O) groups excluding carboxylic acids is 1. The lowest BCUT2D eigenvalue weighted by Crippen LogP contribution is -2.55. The van der Waals surface area contributed by atoms with Crippen molar-refractivity contribution in [1.82, 2.24) is 10.6 Å². The third kappa shape index (κ3) is 1.30. The average Bonchev–Trinajstić information content (AvgIpc) is 2.06. The molecule has 0 bridgehead atoms. The van der Waals surface area contributed by atoms with Crippen LogP contribution in [0.15, 0.2) is 0 Å². The van der Waals surface area contributed by atoms with Gasteiger partial charge in [0.1, 0.15) is 5.78 Å². The van der Waals surface area contributed by atoms with E-state index in [1.54, 1.807) is 0 Å². The number of Topliss-reactive ketones (excluding diaryl/α,β-unsaturated/α-hetero) is 1. The van der Waals surface area contributed by atoms with E-state index >= 15 is 0 Å². The standard InChI is InChI=1S/C8H14N2O/c11-8-2-4-10-7-5-9-3-1-6(7)8/h6-7,9-10H,1-5H2. The van der Waals surface area contributed by atoms with Crippen LogP contribution in [0, 0.1) is 5.92 Å². The molecule has 0 aromatic rings. The Kier molecular flexibility index (Phi) is 1.92. The Bertz CT molecular complexity index is 167. The van der Waals surface area contributed by atoms with Crippen LogP contribution in [0.25, 0.3) is 0 Å². The number of ketones is 1. The van der Waals surface area contributed by atoms with Gasteiger partial charge in [-0.25, -0.2) is 0 Å². The molecule has 2 aliphatic heterocycles. The third-order valence-electron chi connectivity index (χ3n) is 2.67. The fraction of sp³-hybridized carbons (Fsp3) is 0.875. The molecular formula is C8H14N2O. The minimum atomic E-state index is 0.310. The fourth-order valence-corrected chi connectivity index (χ4v) is 2.02. The lowest BCUT2D eigenvalue weighted by Gasteiger charge is -2.35. The van der Waals surface area contributed by atoms with E-state index < -0.39 is 0 Å². The van der Waals surface area contributed by atoms with E-state index in [0.29, 0.717) is 17.7 Å². The molecule has 2 aliphatic rings. The lowest BCUT2D eigenvalue weighted by atomic mass is 9.85. The molecular weight excluding hydrogens is 140 g/mol. The predicted molar refractivity (Wildman–Crippen MR) is 42.4 cm³/mol. The number of rotatable bonds is 0. The van der Waals surface area contributed by atoms with Gasteiger partial charge in [0.05, 0.1) is 0 Å². The summed E-state index contributed by atoms with van der Waals surface area (Å²) in [5, 5.41) is 6.66. The summed E-state index contributed by atoms with van der Waals surface area (Å²) < 4.78 is 0. The van der Waals surface area contributed by atoms with Gasteiger partial charge in [-0.3, -0.25) is 4.79 Å². The second-order valence-electron chi connectivity index (χ2n) is 3.38.